The monoisotopic (exact) mass is 311 g/mol. The Balaban J connectivity index is 2.17. The molecule has 0 radical (unpaired) electrons. The van der Waals surface area contributed by atoms with Gasteiger partial charge in [-0.15, -0.1) is 0 Å². The van der Waals surface area contributed by atoms with Gasteiger partial charge in [-0.05, 0) is 32.4 Å². The highest BCUT2D eigenvalue weighted by Gasteiger charge is 2.11. The first-order valence-electron chi connectivity index (χ1n) is 7.05. The van der Waals surface area contributed by atoms with Crippen molar-refractivity contribution in [3.05, 3.63) is 74.8 Å². The molecule has 23 heavy (non-hydrogen) atoms. The maximum Gasteiger partial charge on any atom is 0.271 e. The topological polar surface area (TPSA) is 84.6 Å². The number of rotatable bonds is 4. The molecule has 0 heterocycles. The fourth-order valence-electron chi connectivity index (χ4n) is 2.24. The first-order chi connectivity index (χ1) is 10.9. The maximum atomic E-state index is 12.1. The fraction of sp³-hybridized carbons (Fsp3) is 0.176. The molecule has 1 amide bonds. The minimum absolute atomic E-state index is 0.132. The van der Waals surface area contributed by atoms with E-state index in [0.29, 0.717) is 5.71 Å². The second kappa shape index (κ2) is 6.83. The number of carbonyl (C=O) groups is 1. The van der Waals surface area contributed by atoms with E-state index in [1.165, 1.54) is 24.3 Å². The summed E-state index contributed by atoms with van der Waals surface area (Å²) >= 11 is 0. The Labute approximate surface area is 134 Å². The number of aryl methyl sites for hydroxylation is 2. The molecular formula is C17H17N3O3. The predicted molar refractivity (Wildman–Crippen MR) is 88.7 cm³/mol. The van der Waals surface area contributed by atoms with E-state index in [0.717, 1.165) is 16.7 Å². The molecular weight excluding hydrogens is 294 g/mol. The van der Waals surface area contributed by atoms with Gasteiger partial charge in [0.05, 0.1) is 10.6 Å². The van der Waals surface area contributed by atoms with Crippen molar-refractivity contribution in [1.29, 1.82) is 0 Å². The Morgan fingerprint density at radius 3 is 2.57 bits per heavy atom. The molecule has 118 valence electrons. The maximum absolute atomic E-state index is 12.1. The number of benzene rings is 2. The summed E-state index contributed by atoms with van der Waals surface area (Å²) in [5.41, 5.74) is 6.32. The van der Waals surface area contributed by atoms with Crippen molar-refractivity contribution in [2.45, 2.75) is 20.8 Å². The number of amides is 1. The van der Waals surface area contributed by atoms with E-state index in [4.69, 9.17) is 0 Å². The summed E-state index contributed by atoms with van der Waals surface area (Å²) in [5, 5.41) is 14.8. The van der Waals surface area contributed by atoms with Crippen molar-refractivity contribution in [3.63, 3.8) is 0 Å². The molecule has 0 aliphatic heterocycles. The smallest absolute Gasteiger partial charge is 0.267 e. The van der Waals surface area contributed by atoms with Crippen molar-refractivity contribution in [2.24, 2.45) is 5.10 Å². The largest absolute Gasteiger partial charge is 0.271 e. The second-order valence-electron chi connectivity index (χ2n) is 5.26. The first kappa shape index (κ1) is 16.4. The van der Waals surface area contributed by atoms with Gasteiger partial charge in [0.2, 0.25) is 0 Å². The van der Waals surface area contributed by atoms with Crippen molar-refractivity contribution < 1.29 is 9.72 Å². The summed E-state index contributed by atoms with van der Waals surface area (Å²) in [6.07, 6.45) is 0. The molecule has 0 saturated heterocycles. The molecule has 0 bridgehead atoms. The van der Waals surface area contributed by atoms with E-state index < -0.39 is 10.8 Å². The molecule has 2 rings (SSSR count). The van der Waals surface area contributed by atoms with Gasteiger partial charge >= 0.3 is 0 Å². The number of hydrogen-bond acceptors (Lipinski definition) is 4. The molecule has 2 aromatic carbocycles. The van der Waals surface area contributed by atoms with Crippen LogP contribution in [0.1, 0.15) is 34.0 Å². The number of hydrogen-bond donors (Lipinski definition) is 1. The average Bonchev–Trinajstić information content (AvgIpc) is 2.52. The predicted octanol–water partition coefficient (Wildman–Crippen LogP) is 3.37. The Hall–Kier alpha value is -3.02. The van der Waals surface area contributed by atoms with Gasteiger partial charge in [0.25, 0.3) is 11.6 Å². The van der Waals surface area contributed by atoms with Gasteiger partial charge in [0.1, 0.15) is 0 Å². The van der Waals surface area contributed by atoms with Crippen LogP contribution in [0.4, 0.5) is 5.69 Å². The van der Waals surface area contributed by atoms with Crippen LogP contribution in [-0.2, 0) is 0 Å². The number of nitrogens with zero attached hydrogens (tertiary/aromatic N) is 2. The Morgan fingerprint density at radius 2 is 1.91 bits per heavy atom. The molecule has 0 saturated carbocycles. The molecule has 0 aliphatic rings. The Bertz CT molecular complexity index is 797. The van der Waals surface area contributed by atoms with E-state index >= 15 is 0 Å². The van der Waals surface area contributed by atoms with Gasteiger partial charge in [-0.2, -0.15) is 5.10 Å². The van der Waals surface area contributed by atoms with Crippen LogP contribution in [0.15, 0.2) is 47.6 Å². The SMILES string of the molecule is CC(=NNC(=O)c1cccc([N+](=O)[O-])c1)c1ccc(C)cc1C. The van der Waals surface area contributed by atoms with Crippen LogP contribution in [0.2, 0.25) is 0 Å². The molecule has 0 fully saturated rings. The van der Waals surface area contributed by atoms with Crippen LogP contribution >= 0.6 is 0 Å². The standard InChI is InChI=1S/C17H17N3O3/c1-11-7-8-16(12(2)9-11)13(3)18-19-17(21)14-5-4-6-15(10-14)20(22)23/h4-10H,1-3H3,(H,19,21). The molecule has 0 atom stereocenters. The van der Waals surface area contributed by atoms with Gasteiger partial charge in [-0.3, -0.25) is 14.9 Å². The third-order valence-electron chi connectivity index (χ3n) is 3.42. The number of carbonyl (C=O) groups excluding carboxylic acids is 1. The van der Waals surface area contributed by atoms with Gasteiger partial charge in [0, 0.05) is 23.3 Å². The summed E-state index contributed by atoms with van der Waals surface area (Å²) in [6.45, 7) is 5.78. The van der Waals surface area contributed by atoms with Crippen LogP contribution in [0.25, 0.3) is 0 Å². The fourth-order valence-corrected chi connectivity index (χ4v) is 2.24. The molecule has 0 spiro atoms. The second-order valence-corrected chi connectivity index (χ2v) is 5.26. The number of non-ortho nitro benzene ring substituents is 1. The van der Waals surface area contributed by atoms with Gasteiger partial charge < -0.3 is 0 Å². The van der Waals surface area contributed by atoms with Crippen molar-refractivity contribution >= 4 is 17.3 Å². The highest BCUT2D eigenvalue weighted by Crippen LogP contribution is 2.14. The zero-order valence-corrected chi connectivity index (χ0v) is 13.2. The molecule has 0 unspecified atom stereocenters. The van der Waals surface area contributed by atoms with E-state index in [9.17, 15) is 14.9 Å². The van der Waals surface area contributed by atoms with Crippen LogP contribution < -0.4 is 5.43 Å². The lowest BCUT2D eigenvalue weighted by molar-refractivity contribution is -0.384. The van der Waals surface area contributed by atoms with Crippen LogP contribution in [-0.4, -0.2) is 16.5 Å². The summed E-state index contributed by atoms with van der Waals surface area (Å²) in [7, 11) is 0. The van der Waals surface area contributed by atoms with Crippen LogP contribution in [0.5, 0.6) is 0 Å². The summed E-state index contributed by atoms with van der Waals surface area (Å²) in [4.78, 5) is 22.3. The lowest BCUT2D eigenvalue weighted by Gasteiger charge is -2.07. The number of hydrazone groups is 1. The highest BCUT2D eigenvalue weighted by molar-refractivity contribution is 6.01. The van der Waals surface area contributed by atoms with Crippen LogP contribution in [0.3, 0.4) is 0 Å². The van der Waals surface area contributed by atoms with Gasteiger partial charge in [-0.1, -0.05) is 29.8 Å². The van der Waals surface area contributed by atoms with Crippen molar-refractivity contribution in [3.8, 4) is 0 Å². The van der Waals surface area contributed by atoms with E-state index in [-0.39, 0.29) is 11.3 Å². The minimum atomic E-state index is -0.541. The zero-order chi connectivity index (χ0) is 17.0. The summed E-state index contributed by atoms with van der Waals surface area (Å²) in [5.74, 6) is -0.488. The Kier molecular flexibility index (Phi) is 4.85. The molecule has 0 aliphatic carbocycles. The third kappa shape index (κ3) is 4.00. The van der Waals surface area contributed by atoms with E-state index in [1.54, 1.807) is 6.92 Å². The Morgan fingerprint density at radius 1 is 1.17 bits per heavy atom. The van der Waals surface area contributed by atoms with Gasteiger partial charge in [0.15, 0.2) is 0 Å². The first-order valence-corrected chi connectivity index (χ1v) is 7.05. The minimum Gasteiger partial charge on any atom is -0.267 e. The molecule has 2 aromatic rings. The quantitative estimate of drug-likeness (QED) is 0.533. The lowest BCUT2D eigenvalue weighted by atomic mass is 10.0. The van der Waals surface area contributed by atoms with Crippen LogP contribution in [0, 0.1) is 24.0 Å². The highest BCUT2D eigenvalue weighted by atomic mass is 16.6. The van der Waals surface area contributed by atoms with E-state index in [1.807, 2.05) is 32.0 Å². The molecule has 6 nitrogen and oxygen atoms in total. The summed E-state index contributed by atoms with van der Waals surface area (Å²) in [6, 6.07) is 11.5. The van der Waals surface area contributed by atoms with E-state index in [2.05, 4.69) is 10.5 Å². The number of nitro groups is 1. The zero-order valence-electron chi connectivity index (χ0n) is 13.2. The molecule has 0 aromatic heterocycles. The number of nitro benzene ring substituents is 1. The third-order valence-corrected chi connectivity index (χ3v) is 3.42. The van der Waals surface area contributed by atoms with Gasteiger partial charge in [-0.25, -0.2) is 5.43 Å². The lowest BCUT2D eigenvalue weighted by Crippen LogP contribution is -2.19. The van der Waals surface area contributed by atoms with Crippen molar-refractivity contribution in [1.82, 2.24) is 5.43 Å². The molecule has 6 heteroatoms. The average molecular weight is 311 g/mol. The van der Waals surface area contributed by atoms with Crippen molar-refractivity contribution in [2.75, 3.05) is 0 Å². The number of nitrogens with one attached hydrogen (secondary N) is 1. The summed E-state index contributed by atoms with van der Waals surface area (Å²) < 4.78 is 0. The normalized spacial score (nSPS) is 11.2. The molecule has 1 N–H and O–H groups in total.